The second-order valence-electron chi connectivity index (χ2n) is 7.26. The zero-order valence-corrected chi connectivity index (χ0v) is 17.7. The van der Waals surface area contributed by atoms with Crippen LogP contribution in [-0.4, -0.2) is 29.6 Å². The van der Waals surface area contributed by atoms with Crippen LogP contribution in [0, 0.1) is 13.8 Å². The normalized spacial score (nSPS) is 15.3. The molecule has 0 atom stereocenters. The van der Waals surface area contributed by atoms with Gasteiger partial charge in [0.15, 0.2) is 11.5 Å². The first-order chi connectivity index (χ1) is 14.7. The number of imide groups is 2. The summed E-state index contributed by atoms with van der Waals surface area (Å²) in [7, 11) is 0. The average molecular weight is 420 g/mol. The SMILES string of the molecule is C=CCc1cc(/C=C2/C(=O)NC(=O)N(c3cc(C)cc(C)c3)C2=O)cc(OCC)c1O. The lowest BCUT2D eigenvalue weighted by atomic mass is 10.0. The lowest BCUT2D eigenvalue weighted by Gasteiger charge is -2.27. The third-order valence-corrected chi connectivity index (χ3v) is 4.72. The summed E-state index contributed by atoms with van der Waals surface area (Å²) in [6.07, 6.45) is 3.38. The smallest absolute Gasteiger partial charge is 0.335 e. The van der Waals surface area contributed by atoms with Crippen LogP contribution in [0.1, 0.15) is 29.2 Å². The number of allylic oxidation sites excluding steroid dienone is 1. The molecule has 3 rings (SSSR count). The molecule has 160 valence electrons. The molecule has 31 heavy (non-hydrogen) atoms. The Morgan fingerprint density at radius 1 is 1.10 bits per heavy atom. The highest BCUT2D eigenvalue weighted by atomic mass is 16.5. The van der Waals surface area contributed by atoms with Gasteiger partial charge in [0.2, 0.25) is 0 Å². The second kappa shape index (κ2) is 8.87. The molecule has 1 fully saturated rings. The summed E-state index contributed by atoms with van der Waals surface area (Å²) in [6, 6.07) is 7.71. The van der Waals surface area contributed by atoms with E-state index >= 15 is 0 Å². The Bertz CT molecular complexity index is 1100. The fourth-order valence-corrected chi connectivity index (χ4v) is 3.49. The first-order valence-corrected chi connectivity index (χ1v) is 9.84. The van der Waals surface area contributed by atoms with Crippen molar-refractivity contribution in [2.75, 3.05) is 11.5 Å². The lowest BCUT2D eigenvalue weighted by Crippen LogP contribution is -2.54. The molecule has 1 aliphatic heterocycles. The van der Waals surface area contributed by atoms with Crippen LogP contribution in [0.5, 0.6) is 11.5 Å². The Morgan fingerprint density at radius 3 is 2.39 bits per heavy atom. The predicted molar refractivity (Wildman–Crippen MR) is 118 cm³/mol. The summed E-state index contributed by atoms with van der Waals surface area (Å²) < 4.78 is 5.48. The molecule has 0 radical (unpaired) electrons. The summed E-state index contributed by atoms with van der Waals surface area (Å²) in [6.45, 7) is 9.51. The van der Waals surface area contributed by atoms with E-state index in [1.54, 1.807) is 31.2 Å². The van der Waals surface area contributed by atoms with Gasteiger partial charge in [-0.25, -0.2) is 9.69 Å². The number of hydrogen-bond donors (Lipinski definition) is 2. The van der Waals surface area contributed by atoms with E-state index in [0.29, 0.717) is 29.8 Å². The minimum absolute atomic E-state index is 0.0182. The number of aryl methyl sites for hydroxylation is 2. The van der Waals surface area contributed by atoms with E-state index in [1.165, 1.54) is 12.1 Å². The number of amides is 4. The molecule has 0 aliphatic carbocycles. The van der Waals surface area contributed by atoms with Gasteiger partial charge in [0.05, 0.1) is 12.3 Å². The number of carbonyl (C=O) groups is 3. The van der Waals surface area contributed by atoms with Crippen molar-refractivity contribution in [1.29, 1.82) is 0 Å². The van der Waals surface area contributed by atoms with Crippen LogP contribution in [0.3, 0.4) is 0 Å². The fraction of sp³-hybridized carbons (Fsp3) is 0.208. The Morgan fingerprint density at radius 2 is 1.77 bits per heavy atom. The first kappa shape index (κ1) is 21.8. The zero-order chi connectivity index (χ0) is 22.7. The van der Waals surface area contributed by atoms with Gasteiger partial charge in [0.25, 0.3) is 11.8 Å². The van der Waals surface area contributed by atoms with Gasteiger partial charge in [-0.1, -0.05) is 12.1 Å². The molecule has 1 heterocycles. The van der Waals surface area contributed by atoms with E-state index in [9.17, 15) is 19.5 Å². The molecular formula is C24H24N2O5. The van der Waals surface area contributed by atoms with E-state index in [4.69, 9.17) is 4.74 Å². The van der Waals surface area contributed by atoms with Gasteiger partial charge in [0, 0.05) is 5.56 Å². The predicted octanol–water partition coefficient (Wildman–Crippen LogP) is 3.80. The van der Waals surface area contributed by atoms with Gasteiger partial charge in [-0.15, -0.1) is 6.58 Å². The molecule has 0 saturated carbocycles. The maximum Gasteiger partial charge on any atom is 0.335 e. The molecule has 0 spiro atoms. The molecule has 7 nitrogen and oxygen atoms in total. The van der Waals surface area contributed by atoms with Crippen LogP contribution < -0.4 is 15.0 Å². The van der Waals surface area contributed by atoms with Crippen molar-refractivity contribution in [2.24, 2.45) is 0 Å². The van der Waals surface area contributed by atoms with Gasteiger partial charge in [-0.3, -0.25) is 14.9 Å². The molecule has 0 unspecified atom stereocenters. The number of nitrogens with zero attached hydrogens (tertiary/aromatic N) is 1. The molecule has 2 N–H and O–H groups in total. The van der Waals surface area contributed by atoms with Crippen LogP contribution >= 0.6 is 0 Å². The number of aromatic hydroxyl groups is 1. The summed E-state index contributed by atoms with van der Waals surface area (Å²) in [5, 5.41) is 12.6. The van der Waals surface area contributed by atoms with Crippen molar-refractivity contribution in [2.45, 2.75) is 27.2 Å². The molecule has 4 amide bonds. The van der Waals surface area contributed by atoms with Gasteiger partial charge in [-0.2, -0.15) is 0 Å². The lowest BCUT2D eigenvalue weighted by molar-refractivity contribution is -0.122. The summed E-state index contributed by atoms with van der Waals surface area (Å²) in [5.74, 6) is -1.29. The molecule has 1 saturated heterocycles. The number of anilines is 1. The van der Waals surface area contributed by atoms with Crippen LogP contribution in [0.15, 0.2) is 48.6 Å². The fourth-order valence-electron chi connectivity index (χ4n) is 3.49. The highest BCUT2D eigenvalue weighted by molar-refractivity contribution is 6.39. The standard InChI is InChI=1S/C24H24N2O5/c1-5-7-17-11-16(13-20(21(17)27)31-6-2)12-19-22(28)25-24(30)26(23(19)29)18-9-14(3)8-15(4)10-18/h5,8-13,27H,1,6-7H2,2-4H3,(H,25,28,30)/b19-12-. The highest BCUT2D eigenvalue weighted by Crippen LogP contribution is 2.33. The third kappa shape index (κ3) is 4.50. The Kier molecular flexibility index (Phi) is 6.25. The average Bonchev–Trinajstić information content (AvgIpc) is 2.68. The molecular weight excluding hydrogens is 396 g/mol. The van der Waals surface area contributed by atoms with E-state index in [0.717, 1.165) is 16.0 Å². The van der Waals surface area contributed by atoms with E-state index in [2.05, 4.69) is 11.9 Å². The minimum atomic E-state index is -0.801. The molecule has 0 aromatic heterocycles. The summed E-state index contributed by atoms with van der Waals surface area (Å²) >= 11 is 0. The summed E-state index contributed by atoms with van der Waals surface area (Å²) in [5.41, 5.74) is 2.96. The zero-order valence-electron chi connectivity index (χ0n) is 17.7. The highest BCUT2D eigenvalue weighted by Gasteiger charge is 2.37. The van der Waals surface area contributed by atoms with E-state index in [1.807, 2.05) is 19.9 Å². The van der Waals surface area contributed by atoms with Crippen LogP contribution in [0.25, 0.3) is 6.08 Å². The number of carbonyl (C=O) groups excluding carboxylic acids is 3. The van der Waals surface area contributed by atoms with Gasteiger partial charge < -0.3 is 9.84 Å². The van der Waals surface area contributed by atoms with Crippen molar-refractivity contribution in [3.8, 4) is 11.5 Å². The first-order valence-electron chi connectivity index (χ1n) is 9.84. The number of hydrogen-bond acceptors (Lipinski definition) is 5. The Labute approximate surface area is 180 Å². The van der Waals surface area contributed by atoms with Crippen molar-refractivity contribution < 1.29 is 24.2 Å². The third-order valence-electron chi connectivity index (χ3n) is 4.72. The monoisotopic (exact) mass is 420 g/mol. The molecule has 2 aromatic rings. The van der Waals surface area contributed by atoms with Gasteiger partial charge in [-0.05, 0) is 74.2 Å². The number of barbiturate groups is 1. The summed E-state index contributed by atoms with van der Waals surface area (Å²) in [4.78, 5) is 39.0. The molecule has 1 aliphatic rings. The minimum Gasteiger partial charge on any atom is -0.504 e. The van der Waals surface area contributed by atoms with Crippen LogP contribution in [-0.2, 0) is 16.0 Å². The van der Waals surface area contributed by atoms with Crippen molar-refractivity contribution in [3.63, 3.8) is 0 Å². The van der Waals surface area contributed by atoms with E-state index < -0.39 is 17.8 Å². The van der Waals surface area contributed by atoms with Crippen molar-refractivity contribution in [1.82, 2.24) is 5.32 Å². The Balaban J connectivity index is 2.08. The largest absolute Gasteiger partial charge is 0.504 e. The number of phenolic OH excluding ortho intramolecular Hbond substituents is 1. The number of nitrogens with one attached hydrogen (secondary N) is 1. The molecule has 7 heteroatoms. The maximum absolute atomic E-state index is 13.1. The topological polar surface area (TPSA) is 95.9 Å². The quantitative estimate of drug-likeness (QED) is 0.421. The van der Waals surface area contributed by atoms with Crippen LogP contribution in [0.2, 0.25) is 0 Å². The number of benzene rings is 2. The number of rotatable bonds is 6. The molecule has 0 bridgehead atoms. The maximum atomic E-state index is 13.1. The molecule has 2 aromatic carbocycles. The number of urea groups is 1. The Hall–Kier alpha value is -3.87. The van der Waals surface area contributed by atoms with Gasteiger partial charge in [0.1, 0.15) is 5.57 Å². The van der Waals surface area contributed by atoms with Crippen LogP contribution in [0.4, 0.5) is 10.5 Å². The van der Waals surface area contributed by atoms with E-state index in [-0.39, 0.29) is 17.1 Å². The number of phenols is 1. The van der Waals surface area contributed by atoms with Gasteiger partial charge >= 0.3 is 6.03 Å². The van der Waals surface area contributed by atoms with Crippen molar-refractivity contribution >= 4 is 29.6 Å². The second-order valence-corrected chi connectivity index (χ2v) is 7.26. The van der Waals surface area contributed by atoms with Crippen molar-refractivity contribution in [3.05, 3.63) is 70.8 Å². The number of ether oxygens (including phenoxy) is 1.